The van der Waals surface area contributed by atoms with Crippen molar-refractivity contribution in [1.29, 1.82) is 0 Å². The number of hydrogen-bond acceptors (Lipinski definition) is 2. The third-order valence-corrected chi connectivity index (χ3v) is 4.77. The molecule has 1 aromatic rings. The van der Waals surface area contributed by atoms with Gasteiger partial charge in [-0.15, -0.1) is 0 Å². The molecule has 1 N–H and O–H groups in total. The predicted octanol–water partition coefficient (Wildman–Crippen LogP) is 4.16. The van der Waals surface area contributed by atoms with Gasteiger partial charge < -0.3 is 10.0 Å². The maximum Gasteiger partial charge on any atom is 0.335 e. The molecule has 1 saturated carbocycles. The molecule has 2 rings (SSSR count). The van der Waals surface area contributed by atoms with Gasteiger partial charge in [0.25, 0.3) is 0 Å². The van der Waals surface area contributed by atoms with E-state index in [1.807, 2.05) is 6.07 Å². The molecule has 1 aromatic carbocycles. The van der Waals surface area contributed by atoms with E-state index in [9.17, 15) is 4.79 Å². The Morgan fingerprint density at radius 3 is 2.63 bits per heavy atom. The summed E-state index contributed by atoms with van der Waals surface area (Å²) in [5.41, 5.74) is 1.39. The van der Waals surface area contributed by atoms with Crippen LogP contribution in [0.3, 0.4) is 0 Å². The average molecular weight is 326 g/mol. The van der Waals surface area contributed by atoms with Crippen molar-refractivity contribution in [3.05, 3.63) is 28.2 Å². The minimum absolute atomic E-state index is 0.320. The molecule has 0 amide bonds. The lowest BCUT2D eigenvalue weighted by atomic mass is 9.85. The fourth-order valence-electron chi connectivity index (χ4n) is 2.98. The van der Waals surface area contributed by atoms with Gasteiger partial charge in [0.2, 0.25) is 0 Å². The van der Waals surface area contributed by atoms with Crippen LogP contribution in [0.4, 0.5) is 5.69 Å². The third-order valence-electron chi connectivity index (χ3n) is 4.14. The van der Waals surface area contributed by atoms with E-state index >= 15 is 0 Å². The summed E-state index contributed by atoms with van der Waals surface area (Å²) in [6, 6.07) is 5.80. The number of hydrogen-bond donors (Lipinski definition) is 1. The number of anilines is 1. The fraction of sp³-hybridized carbons (Fsp3) is 0.533. The molecule has 0 radical (unpaired) electrons. The highest BCUT2D eigenvalue weighted by Crippen LogP contribution is 2.34. The minimum Gasteiger partial charge on any atom is -0.478 e. The Hall–Kier alpha value is -1.03. The first-order chi connectivity index (χ1) is 9.00. The zero-order chi connectivity index (χ0) is 14.0. The molecular formula is C15H20BrNO2. The van der Waals surface area contributed by atoms with Crippen molar-refractivity contribution in [2.24, 2.45) is 5.92 Å². The highest BCUT2D eigenvalue weighted by Gasteiger charge is 2.26. The average Bonchev–Trinajstić information content (AvgIpc) is 2.38. The molecule has 0 spiro atoms. The van der Waals surface area contributed by atoms with Gasteiger partial charge in [-0.2, -0.15) is 0 Å². The Bertz CT molecular complexity index is 475. The van der Waals surface area contributed by atoms with Gasteiger partial charge >= 0.3 is 5.97 Å². The van der Waals surface area contributed by atoms with Crippen molar-refractivity contribution in [3.63, 3.8) is 0 Å². The number of carboxylic acid groups (broad SMARTS) is 1. The SMILES string of the molecule is CC1CCCCC1N(C)c1ccc(C(=O)O)cc1Br. The van der Waals surface area contributed by atoms with Gasteiger partial charge in [-0.3, -0.25) is 0 Å². The molecule has 0 aliphatic heterocycles. The van der Waals surface area contributed by atoms with Gasteiger partial charge in [-0.25, -0.2) is 4.79 Å². The summed E-state index contributed by atoms with van der Waals surface area (Å²) in [6.07, 6.45) is 5.10. The van der Waals surface area contributed by atoms with Crippen LogP contribution in [-0.2, 0) is 0 Å². The molecule has 0 aromatic heterocycles. The number of rotatable bonds is 3. The van der Waals surface area contributed by atoms with Crippen molar-refractivity contribution >= 4 is 27.6 Å². The Morgan fingerprint density at radius 2 is 2.05 bits per heavy atom. The van der Waals surface area contributed by atoms with Crippen LogP contribution in [0, 0.1) is 5.92 Å². The Balaban J connectivity index is 2.23. The number of halogens is 1. The molecule has 0 saturated heterocycles. The van der Waals surface area contributed by atoms with Crippen LogP contribution in [0.5, 0.6) is 0 Å². The molecule has 0 bridgehead atoms. The highest BCUT2D eigenvalue weighted by molar-refractivity contribution is 9.10. The van der Waals surface area contributed by atoms with Gasteiger partial charge in [0.1, 0.15) is 0 Å². The summed E-state index contributed by atoms with van der Waals surface area (Å²) in [4.78, 5) is 13.2. The highest BCUT2D eigenvalue weighted by atomic mass is 79.9. The number of carbonyl (C=O) groups is 1. The largest absolute Gasteiger partial charge is 0.478 e. The number of carboxylic acids is 1. The van der Waals surface area contributed by atoms with E-state index < -0.39 is 5.97 Å². The minimum atomic E-state index is -0.888. The summed E-state index contributed by atoms with van der Waals surface area (Å²) in [6.45, 7) is 2.31. The molecule has 0 heterocycles. The first kappa shape index (κ1) is 14.4. The quantitative estimate of drug-likeness (QED) is 0.907. The van der Waals surface area contributed by atoms with Crippen molar-refractivity contribution in [2.75, 3.05) is 11.9 Å². The number of benzene rings is 1. The van der Waals surface area contributed by atoms with Crippen molar-refractivity contribution in [2.45, 2.75) is 38.6 Å². The normalized spacial score (nSPS) is 23.1. The van der Waals surface area contributed by atoms with E-state index in [1.165, 1.54) is 25.7 Å². The molecule has 2 atom stereocenters. The topological polar surface area (TPSA) is 40.5 Å². The first-order valence-corrected chi connectivity index (χ1v) is 7.55. The molecule has 1 aliphatic carbocycles. The zero-order valence-electron chi connectivity index (χ0n) is 11.4. The first-order valence-electron chi connectivity index (χ1n) is 6.76. The van der Waals surface area contributed by atoms with Crippen molar-refractivity contribution in [1.82, 2.24) is 0 Å². The Morgan fingerprint density at radius 1 is 1.37 bits per heavy atom. The second kappa shape index (κ2) is 5.95. The van der Waals surface area contributed by atoms with Crippen LogP contribution in [0.1, 0.15) is 43.0 Å². The Labute approximate surface area is 122 Å². The monoisotopic (exact) mass is 325 g/mol. The Kier molecular flexibility index (Phi) is 4.50. The number of nitrogens with zero attached hydrogens (tertiary/aromatic N) is 1. The molecule has 3 nitrogen and oxygen atoms in total. The van der Waals surface area contributed by atoms with Crippen molar-refractivity contribution < 1.29 is 9.90 Å². The van der Waals surface area contributed by atoms with Gasteiger partial charge in [-0.05, 0) is 52.9 Å². The molecule has 19 heavy (non-hydrogen) atoms. The lowest BCUT2D eigenvalue weighted by Crippen LogP contribution is -2.39. The summed E-state index contributed by atoms with van der Waals surface area (Å²) >= 11 is 3.50. The van der Waals surface area contributed by atoms with Gasteiger partial charge in [-0.1, -0.05) is 19.8 Å². The van der Waals surface area contributed by atoms with E-state index in [2.05, 4.69) is 34.8 Å². The van der Waals surface area contributed by atoms with E-state index in [-0.39, 0.29) is 0 Å². The second-order valence-electron chi connectivity index (χ2n) is 5.41. The summed E-state index contributed by atoms with van der Waals surface area (Å²) in [5, 5.41) is 9.00. The number of aromatic carboxylic acids is 1. The summed E-state index contributed by atoms with van der Waals surface area (Å²) < 4.78 is 0.854. The fourth-order valence-corrected chi connectivity index (χ4v) is 3.64. The summed E-state index contributed by atoms with van der Waals surface area (Å²) in [7, 11) is 2.10. The van der Waals surface area contributed by atoms with E-state index in [4.69, 9.17) is 5.11 Å². The van der Waals surface area contributed by atoms with Gasteiger partial charge in [0.15, 0.2) is 0 Å². The summed E-state index contributed by atoms with van der Waals surface area (Å²) in [5.74, 6) is -0.203. The lowest BCUT2D eigenvalue weighted by molar-refractivity contribution is 0.0697. The second-order valence-corrected chi connectivity index (χ2v) is 6.27. The zero-order valence-corrected chi connectivity index (χ0v) is 13.0. The molecule has 4 heteroatoms. The molecule has 2 unspecified atom stereocenters. The van der Waals surface area contributed by atoms with Crippen LogP contribution < -0.4 is 4.90 Å². The standard InChI is InChI=1S/C15H20BrNO2/c1-10-5-3-4-6-13(10)17(2)14-8-7-11(15(18)19)9-12(14)16/h7-10,13H,3-6H2,1-2H3,(H,18,19). The van der Waals surface area contributed by atoms with Crippen LogP contribution in [0.15, 0.2) is 22.7 Å². The molecule has 1 fully saturated rings. The maximum absolute atomic E-state index is 11.0. The van der Waals surface area contributed by atoms with E-state index in [0.717, 1.165) is 10.2 Å². The van der Waals surface area contributed by atoms with E-state index in [0.29, 0.717) is 17.5 Å². The molecular weight excluding hydrogens is 306 g/mol. The van der Waals surface area contributed by atoms with E-state index in [1.54, 1.807) is 12.1 Å². The van der Waals surface area contributed by atoms with Crippen LogP contribution >= 0.6 is 15.9 Å². The third kappa shape index (κ3) is 3.11. The van der Waals surface area contributed by atoms with Crippen LogP contribution in [0.2, 0.25) is 0 Å². The van der Waals surface area contributed by atoms with Crippen LogP contribution in [0.25, 0.3) is 0 Å². The van der Waals surface area contributed by atoms with Crippen LogP contribution in [-0.4, -0.2) is 24.2 Å². The van der Waals surface area contributed by atoms with Gasteiger partial charge in [0.05, 0.1) is 11.3 Å². The lowest BCUT2D eigenvalue weighted by Gasteiger charge is -2.38. The van der Waals surface area contributed by atoms with Crippen molar-refractivity contribution in [3.8, 4) is 0 Å². The molecule has 1 aliphatic rings. The maximum atomic E-state index is 11.0. The smallest absolute Gasteiger partial charge is 0.335 e. The molecule has 104 valence electrons. The predicted molar refractivity (Wildman–Crippen MR) is 80.9 cm³/mol. The van der Waals surface area contributed by atoms with Gasteiger partial charge in [0, 0.05) is 17.6 Å².